The average molecular weight is 279 g/mol. The van der Waals surface area contributed by atoms with E-state index in [9.17, 15) is 4.79 Å². The first kappa shape index (κ1) is 12.4. The number of aromatic amines is 1. The van der Waals surface area contributed by atoms with Crippen LogP contribution in [0, 0.1) is 0 Å². The number of fused-ring (bicyclic) bond motifs is 2. The summed E-state index contributed by atoms with van der Waals surface area (Å²) in [5.74, 6) is 0.671. The Morgan fingerprint density at radius 1 is 1.19 bits per heavy atom. The van der Waals surface area contributed by atoms with Gasteiger partial charge in [0.05, 0.1) is 16.6 Å². The second-order valence-corrected chi connectivity index (χ2v) is 5.70. The summed E-state index contributed by atoms with van der Waals surface area (Å²) in [7, 11) is 1.87. The number of H-pyrrole nitrogens is 1. The third-order valence-electron chi connectivity index (χ3n) is 4.38. The van der Waals surface area contributed by atoms with Gasteiger partial charge in [-0.1, -0.05) is 12.1 Å². The first-order valence-electron chi connectivity index (χ1n) is 7.41. The predicted molar refractivity (Wildman–Crippen MR) is 83.4 cm³/mol. The van der Waals surface area contributed by atoms with E-state index in [1.54, 1.807) is 4.57 Å². The summed E-state index contributed by atoms with van der Waals surface area (Å²) in [6, 6.07) is 9.90. The number of para-hydroxylation sites is 2. The van der Waals surface area contributed by atoms with Crippen LogP contribution in [-0.2, 0) is 19.9 Å². The molecular formula is C17H17N3O. The molecule has 4 nitrogen and oxygen atoms in total. The molecule has 1 aromatic carbocycles. The number of rotatable bonds is 1. The lowest BCUT2D eigenvalue weighted by atomic mass is 9.94. The Balaban J connectivity index is 1.95. The summed E-state index contributed by atoms with van der Waals surface area (Å²) in [5, 5.41) is 0. The molecule has 3 aromatic rings. The minimum Gasteiger partial charge on any atom is -0.338 e. The Morgan fingerprint density at radius 2 is 2.00 bits per heavy atom. The first-order valence-corrected chi connectivity index (χ1v) is 7.41. The van der Waals surface area contributed by atoms with Crippen molar-refractivity contribution in [2.75, 3.05) is 0 Å². The second kappa shape index (κ2) is 4.58. The fraction of sp³-hybridized carbons (Fsp3) is 0.294. The molecule has 0 saturated heterocycles. The highest BCUT2D eigenvalue weighted by Gasteiger charge is 2.18. The number of hydrogen-bond acceptors (Lipinski definition) is 2. The monoisotopic (exact) mass is 279 g/mol. The summed E-state index contributed by atoms with van der Waals surface area (Å²) in [6.45, 7) is 0. The molecule has 0 radical (unpaired) electrons. The third kappa shape index (κ3) is 1.90. The molecule has 2 heterocycles. The van der Waals surface area contributed by atoms with E-state index in [0.29, 0.717) is 11.4 Å². The summed E-state index contributed by atoms with van der Waals surface area (Å²) < 4.78 is 1.80. The van der Waals surface area contributed by atoms with Crippen molar-refractivity contribution in [3.05, 3.63) is 51.9 Å². The Kier molecular flexibility index (Phi) is 2.70. The van der Waals surface area contributed by atoms with Crippen molar-refractivity contribution < 1.29 is 0 Å². The van der Waals surface area contributed by atoms with Crippen molar-refractivity contribution in [2.24, 2.45) is 7.05 Å². The van der Waals surface area contributed by atoms with E-state index in [1.165, 1.54) is 24.1 Å². The molecule has 106 valence electrons. The predicted octanol–water partition coefficient (Wildman–Crippen LogP) is 2.81. The number of imidazole rings is 1. The van der Waals surface area contributed by atoms with Crippen molar-refractivity contribution in [3.63, 3.8) is 0 Å². The largest absolute Gasteiger partial charge is 0.338 e. The molecule has 1 aliphatic carbocycles. The van der Waals surface area contributed by atoms with Crippen molar-refractivity contribution in [3.8, 4) is 11.4 Å². The molecule has 21 heavy (non-hydrogen) atoms. The van der Waals surface area contributed by atoms with Crippen molar-refractivity contribution >= 4 is 11.0 Å². The van der Waals surface area contributed by atoms with Crippen LogP contribution in [0.4, 0.5) is 0 Å². The average Bonchev–Trinajstić information content (AvgIpc) is 2.94. The standard InChI is InChI=1S/C17H17N3O/c1-20-15-9-5-2-6-11(15)10-12(17(20)21)16-18-13-7-3-4-8-14(13)19-16/h3-4,7-8,10H,2,5-6,9H2,1H3,(H,18,19). The number of nitrogens with zero attached hydrogens (tertiary/aromatic N) is 2. The molecule has 4 heteroatoms. The Morgan fingerprint density at radius 3 is 2.86 bits per heavy atom. The summed E-state index contributed by atoms with van der Waals surface area (Å²) in [4.78, 5) is 20.4. The zero-order valence-corrected chi connectivity index (χ0v) is 12.0. The van der Waals surface area contributed by atoms with Crippen LogP contribution >= 0.6 is 0 Å². The van der Waals surface area contributed by atoms with E-state index in [2.05, 4.69) is 9.97 Å². The third-order valence-corrected chi connectivity index (χ3v) is 4.38. The number of hydrogen-bond donors (Lipinski definition) is 1. The number of pyridine rings is 1. The van der Waals surface area contributed by atoms with Gasteiger partial charge in [0.15, 0.2) is 0 Å². The molecule has 0 atom stereocenters. The maximum Gasteiger partial charge on any atom is 0.261 e. The summed E-state index contributed by atoms with van der Waals surface area (Å²) >= 11 is 0. The molecule has 0 bridgehead atoms. The topological polar surface area (TPSA) is 50.7 Å². The lowest BCUT2D eigenvalue weighted by Crippen LogP contribution is -2.25. The molecule has 1 aliphatic rings. The van der Waals surface area contributed by atoms with Crippen molar-refractivity contribution in [2.45, 2.75) is 25.7 Å². The molecule has 0 amide bonds. The van der Waals surface area contributed by atoms with Crippen LogP contribution in [0.3, 0.4) is 0 Å². The van der Waals surface area contributed by atoms with Gasteiger partial charge in [-0.25, -0.2) is 4.98 Å². The molecule has 0 aliphatic heterocycles. The van der Waals surface area contributed by atoms with Crippen LogP contribution in [0.5, 0.6) is 0 Å². The van der Waals surface area contributed by atoms with E-state index in [1.807, 2.05) is 37.4 Å². The maximum absolute atomic E-state index is 12.6. The zero-order valence-electron chi connectivity index (χ0n) is 12.0. The van der Waals surface area contributed by atoms with Gasteiger partial charge < -0.3 is 9.55 Å². The summed E-state index contributed by atoms with van der Waals surface area (Å²) in [6.07, 6.45) is 4.42. The Hall–Kier alpha value is -2.36. The molecule has 0 saturated carbocycles. The maximum atomic E-state index is 12.6. The molecule has 1 N–H and O–H groups in total. The molecule has 4 rings (SSSR count). The van der Waals surface area contributed by atoms with E-state index in [0.717, 1.165) is 23.9 Å². The highest BCUT2D eigenvalue weighted by Crippen LogP contribution is 2.24. The van der Waals surface area contributed by atoms with Gasteiger partial charge in [-0.05, 0) is 49.4 Å². The smallest absolute Gasteiger partial charge is 0.261 e. The zero-order chi connectivity index (χ0) is 14.4. The van der Waals surface area contributed by atoms with Gasteiger partial charge in [-0.3, -0.25) is 4.79 Å². The van der Waals surface area contributed by atoms with Gasteiger partial charge >= 0.3 is 0 Å². The SMILES string of the molecule is Cn1c2c(cc(-c3nc4ccccc4[nH]3)c1=O)CCCC2. The number of aromatic nitrogens is 3. The van der Waals surface area contributed by atoms with Crippen LogP contribution in [-0.4, -0.2) is 14.5 Å². The number of nitrogens with one attached hydrogen (secondary N) is 1. The van der Waals surface area contributed by atoms with E-state index >= 15 is 0 Å². The minimum absolute atomic E-state index is 0.0368. The molecule has 2 aromatic heterocycles. The molecule has 0 spiro atoms. The van der Waals surface area contributed by atoms with Gasteiger partial charge in [0.25, 0.3) is 5.56 Å². The highest BCUT2D eigenvalue weighted by atomic mass is 16.1. The van der Waals surface area contributed by atoms with E-state index in [4.69, 9.17) is 0 Å². The van der Waals surface area contributed by atoms with Gasteiger partial charge in [0.2, 0.25) is 0 Å². The van der Waals surface area contributed by atoms with Crippen LogP contribution in [0.25, 0.3) is 22.4 Å². The Bertz CT molecular complexity index is 856. The van der Waals surface area contributed by atoms with Crippen LogP contribution < -0.4 is 5.56 Å². The highest BCUT2D eigenvalue weighted by molar-refractivity contribution is 5.79. The molecule has 0 unspecified atom stereocenters. The fourth-order valence-electron chi connectivity index (χ4n) is 3.24. The fourth-order valence-corrected chi connectivity index (χ4v) is 3.24. The van der Waals surface area contributed by atoms with Gasteiger partial charge in [0, 0.05) is 12.7 Å². The summed E-state index contributed by atoms with van der Waals surface area (Å²) in [5.41, 5.74) is 5.05. The normalized spacial score (nSPS) is 14.3. The van der Waals surface area contributed by atoms with Crippen LogP contribution in [0.2, 0.25) is 0 Å². The first-order chi connectivity index (χ1) is 10.2. The van der Waals surface area contributed by atoms with Gasteiger partial charge in [0.1, 0.15) is 5.82 Å². The Labute approximate surface area is 122 Å². The van der Waals surface area contributed by atoms with Crippen molar-refractivity contribution in [1.29, 1.82) is 0 Å². The lowest BCUT2D eigenvalue weighted by molar-refractivity contribution is 0.624. The second-order valence-electron chi connectivity index (χ2n) is 5.70. The quantitative estimate of drug-likeness (QED) is 0.744. The van der Waals surface area contributed by atoms with E-state index < -0.39 is 0 Å². The van der Waals surface area contributed by atoms with Crippen LogP contribution in [0.15, 0.2) is 35.1 Å². The van der Waals surface area contributed by atoms with Crippen molar-refractivity contribution in [1.82, 2.24) is 14.5 Å². The molecular weight excluding hydrogens is 262 g/mol. The number of benzene rings is 1. The van der Waals surface area contributed by atoms with E-state index in [-0.39, 0.29) is 5.56 Å². The minimum atomic E-state index is 0.0368. The van der Waals surface area contributed by atoms with Crippen LogP contribution in [0.1, 0.15) is 24.1 Å². The van der Waals surface area contributed by atoms with Gasteiger partial charge in [-0.2, -0.15) is 0 Å². The lowest BCUT2D eigenvalue weighted by Gasteiger charge is -2.19. The molecule has 0 fully saturated rings. The number of aryl methyl sites for hydroxylation is 1. The van der Waals surface area contributed by atoms with Gasteiger partial charge in [-0.15, -0.1) is 0 Å².